The van der Waals surface area contributed by atoms with Gasteiger partial charge in [0.2, 0.25) is 0 Å². The Kier molecular flexibility index (Phi) is 6.13. The first-order valence-electron chi connectivity index (χ1n) is 12.4. The van der Waals surface area contributed by atoms with E-state index in [0.29, 0.717) is 17.7 Å². The Labute approximate surface area is 214 Å². The van der Waals surface area contributed by atoms with Gasteiger partial charge >= 0.3 is 6.18 Å². The minimum Gasteiger partial charge on any atom is -0.374 e. The molecule has 2 aliphatic heterocycles. The number of nitrogens with zero attached hydrogens (tertiary/aromatic N) is 2. The second kappa shape index (κ2) is 9.05. The molecule has 1 unspecified atom stereocenters. The van der Waals surface area contributed by atoms with E-state index in [1.54, 1.807) is 41.3 Å². The van der Waals surface area contributed by atoms with Gasteiger partial charge in [0.05, 0.1) is 5.71 Å². The molecule has 5 rings (SSSR count). The van der Waals surface area contributed by atoms with Crippen LogP contribution in [0.1, 0.15) is 66.2 Å². The fourth-order valence-corrected chi connectivity index (χ4v) is 5.00. The summed E-state index contributed by atoms with van der Waals surface area (Å²) in [7, 11) is 0. The summed E-state index contributed by atoms with van der Waals surface area (Å²) in [6.07, 6.45) is -3.30. The SMILES string of the molecule is CC(C)(C)c1ccc(C2(C(F)(F)F)CC(c3ccc(C(=O)N4CCCc5ccccc54)cc3)=NO2)cc1. The molecule has 0 fully saturated rings. The smallest absolute Gasteiger partial charge is 0.374 e. The van der Waals surface area contributed by atoms with Gasteiger partial charge in [-0.25, -0.2) is 0 Å². The van der Waals surface area contributed by atoms with Gasteiger partial charge < -0.3 is 9.74 Å². The first-order valence-corrected chi connectivity index (χ1v) is 12.4. The predicted molar refractivity (Wildman–Crippen MR) is 138 cm³/mol. The van der Waals surface area contributed by atoms with Gasteiger partial charge in [-0.05, 0) is 53.1 Å². The van der Waals surface area contributed by atoms with Gasteiger partial charge in [0.1, 0.15) is 0 Å². The number of carbonyl (C=O) groups is 1. The molecule has 0 bridgehead atoms. The lowest BCUT2D eigenvalue weighted by Crippen LogP contribution is -2.42. The summed E-state index contributed by atoms with van der Waals surface area (Å²) >= 11 is 0. The molecule has 0 aromatic heterocycles. The Hall–Kier alpha value is -3.61. The first kappa shape index (κ1) is 25.1. The van der Waals surface area contributed by atoms with Gasteiger partial charge in [-0.2, -0.15) is 13.2 Å². The molecule has 0 saturated heterocycles. The zero-order chi connectivity index (χ0) is 26.4. The Bertz CT molecular complexity index is 1340. The van der Waals surface area contributed by atoms with Crippen molar-refractivity contribution >= 4 is 17.3 Å². The number of amides is 1. The van der Waals surface area contributed by atoms with Crippen LogP contribution >= 0.6 is 0 Å². The van der Waals surface area contributed by atoms with Crippen LogP contribution in [0.2, 0.25) is 0 Å². The van der Waals surface area contributed by atoms with Crippen LogP contribution in [0.4, 0.5) is 18.9 Å². The summed E-state index contributed by atoms with van der Waals surface area (Å²) in [5, 5.41) is 3.87. The number of hydrogen-bond acceptors (Lipinski definition) is 3. The van der Waals surface area contributed by atoms with Crippen LogP contribution in [0.15, 0.2) is 78.0 Å². The van der Waals surface area contributed by atoms with Crippen molar-refractivity contribution in [1.82, 2.24) is 0 Å². The average Bonchev–Trinajstić information content (AvgIpc) is 3.35. The number of anilines is 1. The van der Waals surface area contributed by atoms with Gasteiger partial charge in [0.25, 0.3) is 11.5 Å². The summed E-state index contributed by atoms with van der Waals surface area (Å²) in [6, 6.07) is 20.8. The number of fused-ring (bicyclic) bond motifs is 1. The molecular formula is C30H29F3N2O2. The monoisotopic (exact) mass is 506 g/mol. The number of para-hydroxylation sites is 1. The van der Waals surface area contributed by atoms with E-state index < -0.39 is 18.2 Å². The minimum absolute atomic E-state index is 0.0160. The number of oxime groups is 1. The topological polar surface area (TPSA) is 41.9 Å². The van der Waals surface area contributed by atoms with Crippen LogP contribution in [0.25, 0.3) is 0 Å². The third kappa shape index (κ3) is 4.52. The van der Waals surface area contributed by atoms with Crippen LogP contribution in [-0.2, 0) is 22.3 Å². The minimum atomic E-state index is -4.67. The molecule has 0 spiro atoms. The molecule has 3 aromatic carbocycles. The fraction of sp³-hybridized carbons (Fsp3) is 0.333. The van der Waals surface area contributed by atoms with E-state index in [0.717, 1.165) is 29.7 Å². The molecule has 2 aliphatic rings. The van der Waals surface area contributed by atoms with E-state index in [9.17, 15) is 18.0 Å². The zero-order valence-corrected chi connectivity index (χ0v) is 21.1. The number of halogens is 3. The second-order valence-electron chi connectivity index (χ2n) is 10.7. The molecule has 0 radical (unpaired) electrons. The number of aryl methyl sites for hydroxylation is 1. The molecule has 4 nitrogen and oxygen atoms in total. The predicted octanol–water partition coefficient (Wildman–Crippen LogP) is 7.16. The lowest BCUT2D eigenvalue weighted by Gasteiger charge is -2.30. The van der Waals surface area contributed by atoms with Crippen LogP contribution in [0.3, 0.4) is 0 Å². The number of benzene rings is 3. The third-order valence-corrected chi connectivity index (χ3v) is 7.22. The van der Waals surface area contributed by atoms with E-state index in [1.165, 1.54) is 12.1 Å². The van der Waals surface area contributed by atoms with Crippen molar-refractivity contribution in [3.8, 4) is 0 Å². The van der Waals surface area contributed by atoms with E-state index in [4.69, 9.17) is 4.84 Å². The standard InChI is InChI=1S/C30H29F3N2O2/c1-28(2,3)23-14-16-24(17-15-23)29(30(31,32)33)19-25(34-37-29)20-10-12-22(13-11-20)27(36)35-18-6-8-21-7-4-5-9-26(21)35/h4-5,7,9-17H,6,8,18-19H2,1-3H3. The maximum Gasteiger partial charge on any atom is 0.435 e. The van der Waals surface area contributed by atoms with Crippen molar-refractivity contribution in [2.75, 3.05) is 11.4 Å². The fourth-order valence-electron chi connectivity index (χ4n) is 5.00. The molecule has 1 amide bonds. The Morgan fingerprint density at radius 3 is 2.27 bits per heavy atom. The van der Waals surface area contributed by atoms with Crippen molar-refractivity contribution in [2.45, 2.75) is 57.2 Å². The molecule has 0 N–H and O–H groups in total. The van der Waals surface area contributed by atoms with Crippen LogP contribution in [0.5, 0.6) is 0 Å². The number of alkyl halides is 3. The zero-order valence-electron chi connectivity index (χ0n) is 21.1. The first-order chi connectivity index (χ1) is 17.5. The summed E-state index contributed by atoms with van der Waals surface area (Å²) in [5.41, 5.74) is 1.42. The van der Waals surface area contributed by atoms with E-state index in [2.05, 4.69) is 5.16 Å². The summed E-state index contributed by atoms with van der Waals surface area (Å²) in [5.74, 6) is -0.133. The molecule has 0 aliphatic carbocycles. The van der Waals surface area contributed by atoms with Crippen molar-refractivity contribution in [3.05, 3.63) is 101 Å². The quantitative estimate of drug-likeness (QED) is 0.378. The highest BCUT2D eigenvalue weighted by atomic mass is 19.4. The number of rotatable bonds is 3. The maximum absolute atomic E-state index is 14.4. The Morgan fingerprint density at radius 1 is 0.946 bits per heavy atom. The summed E-state index contributed by atoms with van der Waals surface area (Å²) < 4.78 is 43.1. The third-order valence-electron chi connectivity index (χ3n) is 7.22. The van der Waals surface area contributed by atoms with E-state index in [-0.39, 0.29) is 22.6 Å². The highest BCUT2D eigenvalue weighted by Gasteiger charge is 2.62. The Morgan fingerprint density at radius 2 is 1.62 bits per heavy atom. The normalized spacial score (nSPS) is 19.7. The van der Waals surface area contributed by atoms with Crippen molar-refractivity contribution in [2.24, 2.45) is 5.16 Å². The molecule has 192 valence electrons. The molecular weight excluding hydrogens is 477 g/mol. The second-order valence-corrected chi connectivity index (χ2v) is 10.7. The van der Waals surface area contributed by atoms with Crippen molar-refractivity contribution < 1.29 is 22.8 Å². The highest BCUT2D eigenvalue weighted by molar-refractivity contribution is 6.08. The van der Waals surface area contributed by atoms with Crippen LogP contribution in [0, 0.1) is 0 Å². The van der Waals surface area contributed by atoms with E-state index in [1.807, 2.05) is 45.0 Å². The van der Waals surface area contributed by atoms with E-state index >= 15 is 0 Å². The highest BCUT2D eigenvalue weighted by Crippen LogP contribution is 2.49. The molecule has 1 atom stereocenters. The van der Waals surface area contributed by atoms with Gasteiger partial charge in [-0.15, -0.1) is 0 Å². The average molecular weight is 507 g/mol. The van der Waals surface area contributed by atoms with Gasteiger partial charge in [0.15, 0.2) is 0 Å². The van der Waals surface area contributed by atoms with Crippen LogP contribution < -0.4 is 4.90 Å². The molecule has 37 heavy (non-hydrogen) atoms. The van der Waals surface area contributed by atoms with Gasteiger partial charge in [-0.3, -0.25) is 4.79 Å². The largest absolute Gasteiger partial charge is 0.435 e. The van der Waals surface area contributed by atoms with Gasteiger partial charge in [0, 0.05) is 29.8 Å². The number of hydrogen-bond donors (Lipinski definition) is 0. The lowest BCUT2D eigenvalue weighted by molar-refractivity contribution is -0.275. The molecule has 7 heteroatoms. The maximum atomic E-state index is 14.4. The summed E-state index contributed by atoms with van der Waals surface area (Å²) in [4.78, 5) is 20.2. The lowest BCUT2D eigenvalue weighted by atomic mass is 9.82. The molecule has 2 heterocycles. The molecule has 0 saturated carbocycles. The Balaban J connectivity index is 1.38. The number of carbonyl (C=O) groups excluding carboxylic acids is 1. The van der Waals surface area contributed by atoms with Crippen LogP contribution in [-0.4, -0.2) is 24.3 Å². The van der Waals surface area contributed by atoms with Gasteiger partial charge in [-0.1, -0.05) is 80.5 Å². The summed E-state index contributed by atoms with van der Waals surface area (Å²) in [6.45, 7) is 6.65. The molecule has 3 aromatic rings. The van der Waals surface area contributed by atoms with Crippen molar-refractivity contribution in [3.63, 3.8) is 0 Å². The van der Waals surface area contributed by atoms with Crippen molar-refractivity contribution in [1.29, 1.82) is 0 Å².